The van der Waals surface area contributed by atoms with Crippen molar-refractivity contribution in [2.75, 3.05) is 7.11 Å². The van der Waals surface area contributed by atoms with Crippen LogP contribution in [0.3, 0.4) is 0 Å². The number of hydrogen-bond donors (Lipinski definition) is 2. The summed E-state index contributed by atoms with van der Waals surface area (Å²) in [5, 5.41) is 11.2. The Morgan fingerprint density at radius 1 is 1.44 bits per heavy atom. The van der Waals surface area contributed by atoms with Crippen molar-refractivity contribution in [3.63, 3.8) is 0 Å². The molecule has 5 nitrogen and oxygen atoms in total. The minimum atomic E-state index is -1.20. The third-order valence-corrected chi connectivity index (χ3v) is 2.65. The fraction of sp³-hybridized carbons (Fsp3) is 0.167. The maximum atomic E-state index is 10.9. The quantitative estimate of drug-likeness (QED) is 0.834. The summed E-state index contributed by atoms with van der Waals surface area (Å²) < 4.78 is 5.76. The van der Waals surface area contributed by atoms with Gasteiger partial charge in [-0.1, -0.05) is 6.07 Å². The van der Waals surface area contributed by atoms with E-state index in [1.165, 1.54) is 20.1 Å². The number of aliphatic carboxylic acids is 1. The van der Waals surface area contributed by atoms with E-state index in [1.54, 1.807) is 18.2 Å². The number of amides is 1. The normalized spacial score (nSPS) is 10.9. The number of benzene rings is 1. The molecule has 1 aromatic rings. The predicted molar refractivity (Wildman–Crippen MR) is 70.1 cm³/mol. The summed E-state index contributed by atoms with van der Waals surface area (Å²) in [6, 6.07) is 5.08. The fourth-order valence-corrected chi connectivity index (χ4v) is 1.84. The Hall–Kier alpha value is -1.82. The Kier molecular flexibility index (Phi) is 4.91. The van der Waals surface area contributed by atoms with Crippen LogP contribution in [0, 0.1) is 0 Å². The molecule has 0 unspecified atom stereocenters. The van der Waals surface area contributed by atoms with Gasteiger partial charge in [0.2, 0.25) is 5.91 Å². The lowest BCUT2D eigenvalue weighted by molar-refractivity contribution is -0.134. The largest absolute Gasteiger partial charge is 0.496 e. The highest BCUT2D eigenvalue weighted by molar-refractivity contribution is 9.10. The molecule has 0 bridgehead atoms. The van der Waals surface area contributed by atoms with E-state index in [0.717, 1.165) is 0 Å². The molecule has 0 heterocycles. The molecule has 1 rings (SSSR count). The van der Waals surface area contributed by atoms with Gasteiger partial charge in [0.1, 0.15) is 11.4 Å². The Morgan fingerprint density at radius 2 is 2.11 bits per heavy atom. The molecule has 0 spiro atoms. The maximum Gasteiger partial charge on any atom is 0.352 e. The highest BCUT2D eigenvalue weighted by atomic mass is 79.9. The molecule has 0 saturated heterocycles. The molecule has 2 N–H and O–H groups in total. The molecule has 18 heavy (non-hydrogen) atoms. The SMILES string of the molecule is COc1ccc(C=C(NC(C)=O)C(=O)O)cc1Br. The van der Waals surface area contributed by atoms with Crippen LogP contribution in [-0.4, -0.2) is 24.1 Å². The van der Waals surface area contributed by atoms with Gasteiger partial charge in [-0.05, 0) is 39.7 Å². The fourth-order valence-electron chi connectivity index (χ4n) is 1.28. The average molecular weight is 314 g/mol. The first kappa shape index (κ1) is 14.2. The minimum absolute atomic E-state index is 0.181. The van der Waals surface area contributed by atoms with Gasteiger partial charge in [-0.25, -0.2) is 4.79 Å². The lowest BCUT2D eigenvalue weighted by Gasteiger charge is -2.05. The van der Waals surface area contributed by atoms with E-state index < -0.39 is 11.9 Å². The second kappa shape index (κ2) is 6.20. The van der Waals surface area contributed by atoms with Crippen molar-refractivity contribution in [1.82, 2.24) is 5.32 Å². The number of methoxy groups -OCH3 is 1. The first-order valence-corrected chi connectivity index (χ1v) is 5.79. The number of carbonyl (C=O) groups is 2. The standard InChI is InChI=1S/C12H12BrNO4/c1-7(15)14-10(12(16)17)6-8-3-4-11(18-2)9(13)5-8/h3-6H,1-2H3,(H,14,15)(H,16,17). The third-order valence-electron chi connectivity index (χ3n) is 2.03. The van der Waals surface area contributed by atoms with Crippen molar-refractivity contribution in [3.05, 3.63) is 33.9 Å². The molecule has 0 aliphatic heterocycles. The molecule has 1 aromatic carbocycles. The van der Waals surface area contributed by atoms with Crippen LogP contribution in [0.25, 0.3) is 6.08 Å². The van der Waals surface area contributed by atoms with E-state index in [-0.39, 0.29) is 5.70 Å². The first-order chi connectivity index (χ1) is 8.43. The Balaban J connectivity index is 3.08. The summed E-state index contributed by atoms with van der Waals surface area (Å²) >= 11 is 3.30. The summed E-state index contributed by atoms with van der Waals surface area (Å²) in [6.07, 6.45) is 1.37. The molecular weight excluding hydrogens is 302 g/mol. The van der Waals surface area contributed by atoms with Gasteiger partial charge in [0.15, 0.2) is 0 Å². The van der Waals surface area contributed by atoms with Crippen LogP contribution < -0.4 is 10.1 Å². The maximum absolute atomic E-state index is 10.9. The third kappa shape index (κ3) is 3.89. The van der Waals surface area contributed by atoms with Crippen LogP contribution in [0.15, 0.2) is 28.4 Å². The van der Waals surface area contributed by atoms with Gasteiger partial charge in [0.25, 0.3) is 0 Å². The topological polar surface area (TPSA) is 75.6 Å². The van der Waals surface area contributed by atoms with Crippen molar-refractivity contribution in [1.29, 1.82) is 0 Å². The van der Waals surface area contributed by atoms with Crippen molar-refractivity contribution < 1.29 is 19.4 Å². The molecule has 1 amide bonds. The van der Waals surface area contributed by atoms with Gasteiger partial charge in [-0.3, -0.25) is 4.79 Å². The predicted octanol–water partition coefficient (Wildman–Crippen LogP) is 2.02. The molecule has 0 saturated carbocycles. The van der Waals surface area contributed by atoms with Crippen molar-refractivity contribution in [2.45, 2.75) is 6.92 Å². The summed E-state index contributed by atoms with van der Waals surface area (Å²) in [6.45, 7) is 1.25. The summed E-state index contributed by atoms with van der Waals surface area (Å²) in [5.74, 6) is -0.989. The van der Waals surface area contributed by atoms with E-state index in [0.29, 0.717) is 15.8 Å². The zero-order valence-electron chi connectivity index (χ0n) is 9.86. The number of hydrogen-bond acceptors (Lipinski definition) is 3. The van der Waals surface area contributed by atoms with Gasteiger partial charge in [-0.15, -0.1) is 0 Å². The van der Waals surface area contributed by atoms with Crippen LogP contribution in [0.4, 0.5) is 0 Å². The first-order valence-electron chi connectivity index (χ1n) is 5.00. The highest BCUT2D eigenvalue weighted by Gasteiger charge is 2.09. The molecule has 6 heteroatoms. The van der Waals surface area contributed by atoms with Crippen LogP contribution >= 0.6 is 15.9 Å². The summed E-state index contributed by atoms with van der Waals surface area (Å²) in [4.78, 5) is 21.8. The second-order valence-electron chi connectivity index (χ2n) is 3.44. The van der Waals surface area contributed by atoms with E-state index >= 15 is 0 Å². The summed E-state index contributed by atoms with van der Waals surface area (Å²) in [7, 11) is 1.54. The molecule has 0 aromatic heterocycles. The van der Waals surface area contributed by atoms with Crippen molar-refractivity contribution >= 4 is 33.9 Å². The lowest BCUT2D eigenvalue weighted by atomic mass is 10.2. The van der Waals surface area contributed by atoms with Crippen LogP contribution in [0.2, 0.25) is 0 Å². The van der Waals surface area contributed by atoms with Gasteiger partial charge >= 0.3 is 5.97 Å². The number of halogens is 1. The van der Waals surface area contributed by atoms with E-state index in [1.807, 2.05) is 0 Å². The Labute approximate surface area is 113 Å². The molecule has 0 aliphatic rings. The second-order valence-corrected chi connectivity index (χ2v) is 4.29. The van der Waals surface area contributed by atoms with E-state index in [2.05, 4.69) is 21.2 Å². The number of ether oxygens (including phenoxy) is 1. The molecule has 0 radical (unpaired) electrons. The van der Waals surface area contributed by atoms with E-state index in [4.69, 9.17) is 9.84 Å². The molecule has 0 fully saturated rings. The van der Waals surface area contributed by atoms with Gasteiger partial charge in [-0.2, -0.15) is 0 Å². The highest BCUT2D eigenvalue weighted by Crippen LogP contribution is 2.26. The van der Waals surface area contributed by atoms with Gasteiger partial charge in [0, 0.05) is 6.92 Å². The van der Waals surface area contributed by atoms with Crippen molar-refractivity contribution in [3.8, 4) is 5.75 Å². The van der Waals surface area contributed by atoms with Gasteiger partial charge in [0.05, 0.1) is 11.6 Å². The number of nitrogens with one attached hydrogen (secondary N) is 1. The smallest absolute Gasteiger partial charge is 0.352 e. The lowest BCUT2D eigenvalue weighted by Crippen LogP contribution is -2.24. The monoisotopic (exact) mass is 313 g/mol. The number of rotatable bonds is 4. The molecular formula is C12H12BrNO4. The zero-order chi connectivity index (χ0) is 13.7. The number of carboxylic acids is 1. The van der Waals surface area contributed by atoms with E-state index in [9.17, 15) is 9.59 Å². The van der Waals surface area contributed by atoms with Gasteiger partial charge < -0.3 is 15.2 Å². The van der Waals surface area contributed by atoms with Crippen LogP contribution in [0.5, 0.6) is 5.75 Å². The molecule has 0 aliphatic carbocycles. The summed E-state index contributed by atoms with van der Waals surface area (Å²) in [5.41, 5.74) is 0.452. The van der Waals surface area contributed by atoms with Crippen LogP contribution in [0.1, 0.15) is 12.5 Å². The Morgan fingerprint density at radius 3 is 2.56 bits per heavy atom. The molecule has 0 atom stereocenters. The number of carbonyl (C=O) groups excluding carboxylic acids is 1. The van der Waals surface area contributed by atoms with Crippen molar-refractivity contribution in [2.24, 2.45) is 0 Å². The Bertz CT molecular complexity index is 511. The zero-order valence-corrected chi connectivity index (χ0v) is 11.4. The number of carboxylic acid groups (broad SMARTS) is 1. The van der Waals surface area contributed by atoms with Crippen LogP contribution in [-0.2, 0) is 9.59 Å². The minimum Gasteiger partial charge on any atom is -0.496 e. The molecule has 96 valence electrons. The average Bonchev–Trinajstić information content (AvgIpc) is 2.27.